The molecule has 1 aliphatic carbocycles. The maximum absolute atomic E-state index is 5.93. The first-order valence-corrected chi connectivity index (χ1v) is 7.29. The third-order valence-electron chi connectivity index (χ3n) is 3.88. The highest BCUT2D eigenvalue weighted by Gasteiger charge is 2.52. The fourth-order valence-electron chi connectivity index (χ4n) is 3.31. The Morgan fingerprint density at radius 1 is 1.31 bits per heavy atom. The van der Waals surface area contributed by atoms with Crippen LogP contribution >= 0.6 is 22.6 Å². The van der Waals surface area contributed by atoms with E-state index in [0.29, 0.717) is 3.92 Å². The largest absolute Gasteiger partial charge is 0.346 e. The Labute approximate surface area is 112 Å². The van der Waals surface area contributed by atoms with Crippen LogP contribution in [0.25, 0.3) is 0 Å². The molecule has 0 aromatic heterocycles. The number of allylic oxidation sites excluding steroid dienone is 1. The van der Waals surface area contributed by atoms with Crippen molar-refractivity contribution in [2.24, 2.45) is 5.41 Å². The zero-order valence-electron chi connectivity index (χ0n) is 10.6. The van der Waals surface area contributed by atoms with Gasteiger partial charge in [-0.25, -0.2) is 0 Å². The molecule has 2 nitrogen and oxygen atoms in total. The van der Waals surface area contributed by atoms with E-state index in [1.165, 1.54) is 5.57 Å². The number of rotatable bonds is 1. The molecule has 0 amide bonds. The molecule has 1 unspecified atom stereocenters. The van der Waals surface area contributed by atoms with Crippen molar-refractivity contribution < 1.29 is 9.47 Å². The lowest BCUT2D eigenvalue weighted by atomic mass is 9.69. The van der Waals surface area contributed by atoms with E-state index in [0.717, 1.165) is 26.1 Å². The van der Waals surface area contributed by atoms with Gasteiger partial charge in [0.05, 0.1) is 17.1 Å². The van der Waals surface area contributed by atoms with Gasteiger partial charge in [0, 0.05) is 6.42 Å². The van der Waals surface area contributed by atoms with Gasteiger partial charge in [-0.1, -0.05) is 54.5 Å². The summed E-state index contributed by atoms with van der Waals surface area (Å²) < 4.78 is 12.2. The molecule has 3 heteroatoms. The Bertz CT molecular complexity index is 314. The first-order chi connectivity index (χ1) is 7.43. The average molecular weight is 336 g/mol. The summed E-state index contributed by atoms with van der Waals surface area (Å²) in [5, 5.41) is 0. The topological polar surface area (TPSA) is 18.5 Å². The molecule has 0 N–H and O–H groups in total. The highest BCUT2D eigenvalue weighted by atomic mass is 127. The van der Waals surface area contributed by atoms with Crippen molar-refractivity contribution in [2.45, 2.75) is 50.2 Å². The molecular formula is C13H21IO2. The molecule has 0 aromatic rings. The van der Waals surface area contributed by atoms with Gasteiger partial charge < -0.3 is 9.47 Å². The van der Waals surface area contributed by atoms with Crippen molar-refractivity contribution in [3.8, 4) is 0 Å². The van der Waals surface area contributed by atoms with Crippen molar-refractivity contribution in [2.75, 3.05) is 13.2 Å². The van der Waals surface area contributed by atoms with Crippen LogP contribution in [0.2, 0.25) is 0 Å². The number of alkyl halides is 1. The lowest BCUT2D eigenvalue weighted by molar-refractivity contribution is -0.171. The lowest BCUT2D eigenvalue weighted by Gasteiger charge is -2.46. The molecule has 16 heavy (non-hydrogen) atoms. The average Bonchev–Trinajstić information content (AvgIpc) is 2.64. The minimum Gasteiger partial charge on any atom is -0.346 e. The van der Waals surface area contributed by atoms with Crippen LogP contribution in [0.3, 0.4) is 0 Å². The summed E-state index contributed by atoms with van der Waals surface area (Å²) in [7, 11) is 0. The van der Waals surface area contributed by atoms with Crippen molar-refractivity contribution in [3.63, 3.8) is 0 Å². The van der Waals surface area contributed by atoms with E-state index in [2.05, 4.69) is 50.3 Å². The predicted octanol–water partition coefficient (Wildman–Crippen LogP) is 3.69. The maximum atomic E-state index is 5.93. The first kappa shape index (κ1) is 12.8. The smallest absolute Gasteiger partial charge is 0.184 e. The van der Waals surface area contributed by atoms with Crippen molar-refractivity contribution in [1.82, 2.24) is 0 Å². The molecule has 0 saturated carbocycles. The van der Waals surface area contributed by atoms with Crippen LogP contribution < -0.4 is 0 Å². The van der Waals surface area contributed by atoms with E-state index in [1.54, 1.807) is 5.57 Å². The third kappa shape index (κ3) is 1.85. The standard InChI is InChI=1S/C13H21IO2/c1-5-10-9(2)11(14)13(8-12(10,3)4)15-6-7-16-13/h11H,5-8H2,1-4H3. The fourth-order valence-corrected chi connectivity index (χ4v) is 4.26. The van der Waals surface area contributed by atoms with E-state index in [1.807, 2.05) is 0 Å². The second-order valence-electron chi connectivity index (χ2n) is 5.45. The van der Waals surface area contributed by atoms with Crippen LogP contribution in [-0.2, 0) is 9.47 Å². The molecule has 1 spiro atoms. The number of ether oxygens (including phenoxy) is 2. The number of hydrogen-bond acceptors (Lipinski definition) is 2. The summed E-state index contributed by atoms with van der Waals surface area (Å²) in [6.07, 6.45) is 2.11. The molecule has 1 heterocycles. The second kappa shape index (κ2) is 4.25. The van der Waals surface area contributed by atoms with Gasteiger partial charge in [0.25, 0.3) is 0 Å². The van der Waals surface area contributed by atoms with Crippen LogP contribution in [0.15, 0.2) is 11.1 Å². The van der Waals surface area contributed by atoms with E-state index < -0.39 is 0 Å². The van der Waals surface area contributed by atoms with Gasteiger partial charge in [-0.15, -0.1) is 0 Å². The maximum Gasteiger partial charge on any atom is 0.184 e. The Morgan fingerprint density at radius 3 is 2.38 bits per heavy atom. The molecule has 0 bridgehead atoms. The zero-order valence-corrected chi connectivity index (χ0v) is 12.8. The van der Waals surface area contributed by atoms with Gasteiger partial charge >= 0.3 is 0 Å². The van der Waals surface area contributed by atoms with Crippen molar-refractivity contribution in [1.29, 1.82) is 0 Å². The Morgan fingerprint density at radius 2 is 1.88 bits per heavy atom. The zero-order chi connectivity index (χ0) is 12.0. The van der Waals surface area contributed by atoms with Crippen LogP contribution in [0.1, 0.15) is 40.5 Å². The molecule has 2 aliphatic rings. The fraction of sp³-hybridized carbons (Fsp3) is 0.846. The summed E-state index contributed by atoms with van der Waals surface area (Å²) in [5.74, 6) is -0.354. The minimum absolute atomic E-state index is 0.199. The van der Waals surface area contributed by atoms with Crippen LogP contribution in [0.5, 0.6) is 0 Å². The Kier molecular flexibility index (Phi) is 3.41. The lowest BCUT2D eigenvalue weighted by Crippen LogP contribution is -2.49. The molecule has 2 rings (SSSR count). The molecule has 0 aromatic carbocycles. The summed E-state index contributed by atoms with van der Waals surface area (Å²) in [6.45, 7) is 10.6. The van der Waals surface area contributed by atoms with Gasteiger partial charge in [0.1, 0.15) is 0 Å². The molecular weight excluding hydrogens is 315 g/mol. The van der Waals surface area contributed by atoms with Gasteiger partial charge in [-0.05, 0) is 18.8 Å². The molecule has 0 radical (unpaired) electrons. The Balaban J connectivity index is 2.42. The van der Waals surface area contributed by atoms with Crippen LogP contribution in [-0.4, -0.2) is 22.9 Å². The SMILES string of the molecule is CCC1=C(C)C(I)C2(CC1(C)C)OCCO2. The normalized spacial score (nSPS) is 32.4. The first-order valence-electron chi connectivity index (χ1n) is 6.05. The van der Waals surface area contributed by atoms with Crippen molar-refractivity contribution in [3.05, 3.63) is 11.1 Å². The van der Waals surface area contributed by atoms with E-state index in [4.69, 9.17) is 9.47 Å². The number of hydrogen-bond donors (Lipinski definition) is 0. The number of halogens is 1. The summed E-state index contributed by atoms with van der Waals surface area (Å²) in [4.78, 5) is 0. The van der Waals surface area contributed by atoms with Gasteiger partial charge in [0.15, 0.2) is 5.79 Å². The Hall–Kier alpha value is 0.390. The quantitative estimate of drug-likeness (QED) is 0.413. The second-order valence-corrected chi connectivity index (χ2v) is 6.69. The van der Waals surface area contributed by atoms with E-state index in [9.17, 15) is 0 Å². The van der Waals surface area contributed by atoms with Crippen molar-refractivity contribution >= 4 is 22.6 Å². The van der Waals surface area contributed by atoms with Crippen LogP contribution in [0, 0.1) is 5.41 Å². The summed E-state index contributed by atoms with van der Waals surface area (Å²) in [5.41, 5.74) is 3.24. The highest BCUT2D eigenvalue weighted by molar-refractivity contribution is 14.1. The summed E-state index contributed by atoms with van der Waals surface area (Å²) >= 11 is 2.48. The molecule has 1 fully saturated rings. The highest BCUT2D eigenvalue weighted by Crippen LogP contribution is 2.51. The van der Waals surface area contributed by atoms with Gasteiger partial charge in [-0.2, -0.15) is 0 Å². The van der Waals surface area contributed by atoms with Crippen LogP contribution in [0.4, 0.5) is 0 Å². The third-order valence-corrected chi connectivity index (χ3v) is 5.76. The molecule has 92 valence electrons. The molecule has 1 saturated heterocycles. The van der Waals surface area contributed by atoms with Gasteiger partial charge in [-0.3, -0.25) is 0 Å². The molecule has 1 aliphatic heterocycles. The minimum atomic E-state index is -0.354. The van der Waals surface area contributed by atoms with E-state index >= 15 is 0 Å². The summed E-state index contributed by atoms with van der Waals surface area (Å²) in [6, 6.07) is 0. The van der Waals surface area contributed by atoms with Gasteiger partial charge in [0.2, 0.25) is 0 Å². The predicted molar refractivity (Wildman–Crippen MR) is 73.8 cm³/mol. The monoisotopic (exact) mass is 336 g/mol. The molecule has 1 atom stereocenters. The van der Waals surface area contributed by atoms with E-state index in [-0.39, 0.29) is 11.2 Å².